The van der Waals surface area contributed by atoms with Gasteiger partial charge in [-0.25, -0.2) is 4.98 Å². The van der Waals surface area contributed by atoms with Gasteiger partial charge in [0.05, 0.1) is 10.0 Å². The van der Waals surface area contributed by atoms with Gasteiger partial charge in [-0.1, -0.05) is 53.7 Å². The average molecular weight is 335 g/mol. The molecule has 0 spiro atoms. The number of hydrogen-bond donors (Lipinski definition) is 0. The maximum absolute atomic E-state index is 12.8. The Morgan fingerprint density at radius 3 is 2.41 bits per heavy atom. The van der Waals surface area contributed by atoms with Crippen LogP contribution >= 0.6 is 23.4 Å². The molecule has 0 aliphatic rings. The summed E-state index contributed by atoms with van der Waals surface area (Å²) < 4.78 is 0. The highest BCUT2D eigenvalue weighted by Gasteiger charge is 2.25. The van der Waals surface area contributed by atoms with Gasteiger partial charge in [0, 0.05) is 19.3 Å². The molecule has 0 saturated carbocycles. The van der Waals surface area contributed by atoms with Crippen LogP contribution in [0.1, 0.15) is 24.7 Å². The Morgan fingerprint density at radius 1 is 1.18 bits per heavy atom. The second kappa shape index (κ2) is 8.20. The Labute approximate surface area is 140 Å². The fraction of sp³-hybridized carbons (Fsp3) is 0.294. The molecule has 1 unspecified atom stereocenters. The summed E-state index contributed by atoms with van der Waals surface area (Å²) in [5.41, 5.74) is 0.987. The molecule has 1 heterocycles. The van der Waals surface area contributed by atoms with E-state index in [1.807, 2.05) is 55.1 Å². The first-order valence-corrected chi connectivity index (χ1v) is 8.53. The van der Waals surface area contributed by atoms with Gasteiger partial charge < -0.3 is 4.90 Å². The monoisotopic (exact) mass is 334 g/mol. The number of carbonyl (C=O) groups is 1. The highest BCUT2D eigenvalue weighted by Crippen LogP contribution is 2.35. The second-order valence-electron chi connectivity index (χ2n) is 4.73. The summed E-state index contributed by atoms with van der Waals surface area (Å²) in [5, 5.41) is 1.09. The SMILES string of the molecule is CCN(CC)C(=O)C(Sc1ccc(Cl)cn1)c1ccccc1. The lowest BCUT2D eigenvalue weighted by molar-refractivity contribution is -0.130. The molecule has 116 valence electrons. The summed E-state index contributed by atoms with van der Waals surface area (Å²) in [6.07, 6.45) is 1.60. The van der Waals surface area contributed by atoms with Crippen molar-refractivity contribution in [2.45, 2.75) is 24.1 Å². The fourth-order valence-corrected chi connectivity index (χ4v) is 3.30. The van der Waals surface area contributed by atoms with Crippen molar-refractivity contribution in [1.29, 1.82) is 0 Å². The third kappa shape index (κ3) is 4.24. The highest BCUT2D eigenvalue weighted by molar-refractivity contribution is 8.00. The van der Waals surface area contributed by atoms with E-state index in [1.54, 1.807) is 12.3 Å². The van der Waals surface area contributed by atoms with Crippen LogP contribution in [0, 0.1) is 0 Å². The van der Waals surface area contributed by atoms with E-state index in [0.29, 0.717) is 18.1 Å². The van der Waals surface area contributed by atoms with Gasteiger partial charge in [0.15, 0.2) is 0 Å². The molecule has 22 heavy (non-hydrogen) atoms. The molecule has 0 saturated heterocycles. The molecule has 1 amide bonds. The van der Waals surface area contributed by atoms with Crippen LogP contribution in [0.4, 0.5) is 0 Å². The molecule has 0 aliphatic heterocycles. The van der Waals surface area contributed by atoms with E-state index < -0.39 is 0 Å². The lowest BCUT2D eigenvalue weighted by atomic mass is 10.1. The van der Waals surface area contributed by atoms with Crippen molar-refractivity contribution in [3.05, 3.63) is 59.2 Å². The van der Waals surface area contributed by atoms with Gasteiger partial charge in [0.25, 0.3) is 0 Å². The van der Waals surface area contributed by atoms with E-state index in [1.165, 1.54) is 11.8 Å². The molecular formula is C17H19ClN2OS. The molecule has 1 aromatic carbocycles. The summed E-state index contributed by atoms with van der Waals surface area (Å²) in [6.45, 7) is 5.39. The van der Waals surface area contributed by atoms with Crippen LogP contribution in [0.2, 0.25) is 5.02 Å². The molecule has 2 rings (SSSR count). The van der Waals surface area contributed by atoms with Crippen molar-refractivity contribution >= 4 is 29.3 Å². The molecule has 0 fully saturated rings. The molecule has 1 atom stereocenters. The van der Waals surface area contributed by atoms with Gasteiger partial charge in [-0.3, -0.25) is 4.79 Å². The van der Waals surface area contributed by atoms with E-state index in [-0.39, 0.29) is 11.2 Å². The quantitative estimate of drug-likeness (QED) is 0.732. The number of pyridine rings is 1. The molecule has 0 radical (unpaired) electrons. The number of likely N-dealkylation sites (N-methyl/N-ethyl adjacent to an activating group) is 1. The molecular weight excluding hydrogens is 316 g/mol. The zero-order valence-electron chi connectivity index (χ0n) is 12.7. The minimum Gasteiger partial charge on any atom is -0.342 e. The van der Waals surface area contributed by atoms with Crippen molar-refractivity contribution in [2.24, 2.45) is 0 Å². The van der Waals surface area contributed by atoms with Crippen LogP contribution < -0.4 is 0 Å². The third-order valence-electron chi connectivity index (χ3n) is 3.34. The number of rotatable bonds is 6. The number of amides is 1. The van der Waals surface area contributed by atoms with E-state index in [2.05, 4.69) is 4.98 Å². The van der Waals surface area contributed by atoms with E-state index in [0.717, 1.165) is 10.6 Å². The average Bonchev–Trinajstić information content (AvgIpc) is 2.56. The minimum atomic E-state index is -0.297. The van der Waals surface area contributed by atoms with Gasteiger partial charge in [-0.15, -0.1) is 0 Å². The van der Waals surface area contributed by atoms with Crippen LogP contribution in [0.5, 0.6) is 0 Å². The standard InChI is InChI=1S/C17H19ClN2OS/c1-3-20(4-2)17(21)16(13-8-6-5-7-9-13)22-15-11-10-14(18)12-19-15/h5-12,16H,3-4H2,1-2H3. The summed E-state index contributed by atoms with van der Waals surface area (Å²) >= 11 is 7.33. The number of hydrogen-bond acceptors (Lipinski definition) is 3. The summed E-state index contributed by atoms with van der Waals surface area (Å²) in [4.78, 5) is 19.0. The van der Waals surface area contributed by atoms with Crippen molar-refractivity contribution in [1.82, 2.24) is 9.88 Å². The maximum Gasteiger partial charge on any atom is 0.240 e. The van der Waals surface area contributed by atoms with Gasteiger partial charge in [-0.05, 0) is 31.5 Å². The molecule has 1 aromatic heterocycles. The largest absolute Gasteiger partial charge is 0.342 e. The first-order chi connectivity index (χ1) is 10.7. The zero-order valence-corrected chi connectivity index (χ0v) is 14.3. The molecule has 0 N–H and O–H groups in total. The first kappa shape index (κ1) is 16.8. The van der Waals surface area contributed by atoms with Gasteiger partial charge in [0.2, 0.25) is 5.91 Å². The Morgan fingerprint density at radius 2 is 1.86 bits per heavy atom. The zero-order chi connectivity index (χ0) is 15.9. The number of nitrogens with zero attached hydrogens (tertiary/aromatic N) is 2. The Balaban J connectivity index is 2.29. The number of carbonyl (C=O) groups excluding carboxylic acids is 1. The van der Waals surface area contributed by atoms with Gasteiger partial charge in [-0.2, -0.15) is 0 Å². The summed E-state index contributed by atoms with van der Waals surface area (Å²) in [5.74, 6) is 0.109. The molecule has 0 bridgehead atoms. The van der Waals surface area contributed by atoms with Crippen molar-refractivity contribution in [3.8, 4) is 0 Å². The predicted octanol–water partition coefficient (Wildman–Crippen LogP) is 4.44. The predicted molar refractivity (Wildman–Crippen MR) is 92.2 cm³/mol. The van der Waals surface area contributed by atoms with E-state index >= 15 is 0 Å². The Bertz CT molecular complexity index is 600. The van der Waals surface area contributed by atoms with Crippen molar-refractivity contribution < 1.29 is 4.79 Å². The minimum absolute atomic E-state index is 0.109. The number of aromatic nitrogens is 1. The van der Waals surface area contributed by atoms with E-state index in [9.17, 15) is 4.79 Å². The molecule has 5 heteroatoms. The highest BCUT2D eigenvalue weighted by atomic mass is 35.5. The van der Waals surface area contributed by atoms with Gasteiger partial charge >= 0.3 is 0 Å². The van der Waals surface area contributed by atoms with Crippen LogP contribution in [-0.2, 0) is 4.79 Å². The Hall–Kier alpha value is -1.52. The topological polar surface area (TPSA) is 33.2 Å². The second-order valence-corrected chi connectivity index (χ2v) is 6.30. The molecule has 0 aliphatic carbocycles. The van der Waals surface area contributed by atoms with Crippen LogP contribution in [0.3, 0.4) is 0 Å². The normalized spacial score (nSPS) is 12.0. The molecule has 3 nitrogen and oxygen atoms in total. The molecule has 2 aromatic rings. The van der Waals surface area contributed by atoms with Crippen LogP contribution in [-0.4, -0.2) is 28.9 Å². The smallest absolute Gasteiger partial charge is 0.240 e. The van der Waals surface area contributed by atoms with Crippen molar-refractivity contribution in [2.75, 3.05) is 13.1 Å². The number of halogens is 1. The lowest BCUT2D eigenvalue weighted by Crippen LogP contribution is -2.33. The number of benzene rings is 1. The summed E-state index contributed by atoms with van der Waals surface area (Å²) in [7, 11) is 0. The summed E-state index contributed by atoms with van der Waals surface area (Å²) in [6, 6.07) is 13.5. The third-order valence-corrected chi connectivity index (χ3v) is 4.76. The van der Waals surface area contributed by atoms with Crippen molar-refractivity contribution in [3.63, 3.8) is 0 Å². The fourth-order valence-electron chi connectivity index (χ4n) is 2.14. The lowest BCUT2D eigenvalue weighted by Gasteiger charge is -2.25. The Kier molecular flexibility index (Phi) is 6.28. The van der Waals surface area contributed by atoms with Crippen LogP contribution in [0.25, 0.3) is 0 Å². The maximum atomic E-state index is 12.8. The first-order valence-electron chi connectivity index (χ1n) is 7.27. The number of thioether (sulfide) groups is 1. The van der Waals surface area contributed by atoms with E-state index in [4.69, 9.17) is 11.6 Å². The van der Waals surface area contributed by atoms with Crippen LogP contribution in [0.15, 0.2) is 53.7 Å². The van der Waals surface area contributed by atoms with Gasteiger partial charge in [0.1, 0.15) is 5.25 Å².